The van der Waals surface area contributed by atoms with E-state index < -0.39 is 61.6 Å². The highest BCUT2D eigenvalue weighted by Crippen LogP contribution is 2.39. The summed E-state index contributed by atoms with van der Waals surface area (Å²) < 4.78 is 65.3. The molecule has 0 saturated carbocycles. The number of halogens is 4. The van der Waals surface area contributed by atoms with Crippen LogP contribution in [0.4, 0.5) is 22.4 Å². The zero-order valence-corrected chi connectivity index (χ0v) is 26.6. The lowest BCUT2D eigenvalue weighted by molar-refractivity contribution is -0.143. The number of carbonyl (C=O) groups excluding carboxylic acids is 1. The Morgan fingerprint density at radius 2 is 1.38 bits per heavy atom. The second-order valence-corrected chi connectivity index (χ2v) is 17.9. The molecular formula is C31H43F4NO5Si. The lowest BCUT2D eigenvalue weighted by atomic mass is 9.89. The summed E-state index contributed by atoms with van der Waals surface area (Å²) in [6.07, 6.45) is -5.95. The van der Waals surface area contributed by atoms with Crippen LogP contribution in [0.2, 0.25) is 18.1 Å². The van der Waals surface area contributed by atoms with E-state index in [1.54, 1.807) is 20.8 Å². The number of alkyl carbamates (subject to hydrolysis) is 1. The molecule has 0 aromatic heterocycles. The monoisotopic (exact) mass is 613 g/mol. The highest BCUT2D eigenvalue weighted by Gasteiger charge is 2.42. The van der Waals surface area contributed by atoms with Gasteiger partial charge in [-0.05, 0) is 93.6 Å². The minimum absolute atomic E-state index is 0.0136. The van der Waals surface area contributed by atoms with Crippen LogP contribution in [0, 0.1) is 11.7 Å². The van der Waals surface area contributed by atoms with Crippen LogP contribution in [0.1, 0.15) is 64.7 Å². The van der Waals surface area contributed by atoms with Crippen molar-refractivity contribution in [3.8, 4) is 0 Å². The predicted molar refractivity (Wildman–Crippen MR) is 156 cm³/mol. The molecule has 0 aliphatic carbocycles. The maximum absolute atomic E-state index is 13.5. The fourth-order valence-electron chi connectivity index (χ4n) is 4.12. The first-order valence-corrected chi connectivity index (χ1v) is 16.8. The molecule has 6 nitrogen and oxygen atoms in total. The number of carbonyl (C=O) groups is 2. The van der Waals surface area contributed by atoms with Gasteiger partial charge in [-0.2, -0.15) is 13.2 Å². The first kappa shape index (κ1) is 35.3. The Morgan fingerprint density at radius 1 is 0.881 bits per heavy atom. The van der Waals surface area contributed by atoms with Gasteiger partial charge in [0.1, 0.15) is 11.4 Å². The molecule has 0 aliphatic rings. The Kier molecular flexibility index (Phi) is 11.4. The number of ether oxygens (including phenoxy) is 1. The largest absolute Gasteiger partial charge is 0.481 e. The van der Waals surface area contributed by atoms with Crippen LogP contribution in [0.15, 0.2) is 48.5 Å². The molecule has 3 unspecified atom stereocenters. The molecule has 0 spiro atoms. The molecule has 42 heavy (non-hydrogen) atoms. The Morgan fingerprint density at radius 3 is 1.83 bits per heavy atom. The van der Waals surface area contributed by atoms with Crippen LogP contribution in [0.25, 0.3) is 0 Å². The topological polar surface area (TPSA) is 84.9 Å². The lowest BCUT2D eigenvalue weighted by Crippen LogP contribution is -2.54. The second kappa shape index (κ2) is 13.6. The Labute approximate surface area is 246 Å². The van der Waals surface area contributed by atoms with Gasteiger partial charge in [-0.15, -0.1) is 0 Å². The smallest absolute Gasteiger partial charge is 0.416 e. The molecule has 3 atom stereocenters. The zero-order valence-electron chi connectivity index (χ0n) is 25.6. The molecule has 0 aliphatic heterocycles. The standard InChI is InChI=1S/C31H43F4NO5Si/c1-29(2,3)40-28(39)36-25(18-21-9-13-23(14-10-21)31(33,34)35)26(41-42(7,8)30(4,5)6)19-22(27(37)38)17-20-11-15-24(32)16-12-20/h9-16,22,25-26H,17-19H2,1-8H3,(H,36,39)(H,37,38). The van der Waals surface area contributed by atoms with Gasteiger partial charge in [0.05, 0.1) is 23.6 Å². The lowest BCUT2D eigenvalue weighted by Gasteiger charge is -2.42. The maximum Gasteiger partial charge on any atom is 0.416 e. The minimum atomic E-state index is -4.50. The van der Waals surface area contributed by atoms with Crippen molar-refractivity contribution in [2.24, 2.45) is 5.92 Å². The van der Waals surface area contributed by atoms with Crippen LogP contribution < -0.4 is 5.32 Å². The van der Waals surface area contributed by atoms with Crippen LogP contribution in [0.3, 0.4) is 0 Å². The molecule has 0 fully saturated rings. The van der Waals surface area contributed by atoms with Crippen molar-refractivity contribution < 1.29 is 41.4 Å². The summed E-state index contributed by atoms with van der Waals surface area (Å²) >= 11 is 0. The van der Waals surface area contributed by atoms with Crippen LogP contribution in [-0.4, -0.2) is 43.2 Å². The number of nitrogens with one attached hydrogen (secondary N) is 1. The average molecular weight is 614 g/mol. The van der Waals surface area contributed by atoms with Gasteiger partial charge < -0.3 is 19.6 Å². The van der Waals surface area contributed by atoms with E-state index in [9.17, 15) is 32.3 Å². The van der Waals surface area contributed by atoms with E-state index in [1.165, 1.54) is 36.4 Å². The molecule has 234 valence electrons. The highest BCUT2D eigenvalue weighted by molar-refractivity contribution is 6.74. The van der Waals surface area contributed by atoms with E-state index in [2.05, 4.69) is 5.32 Å². The van der Waals surface area contributed by atoms with E-state index in [1.807, 2.05) is 33.9 Å². The Balaban J connectivity index is 2.54. The van der Waals surface area contributed by atoms with Crippen molar-refractivity contribution >= 4 is 20.4 Å². The number of amides is 1. The Bertz CT molecular complexity index is 1190. The number of aliphatic carboxylic acids is 1. The van der Waals surface area contributed by atoms with Crippen LogP contribution >= 0.6 is 0 Å². The summed E-state index contributed by atoms with van der Waals surface area (Å²) in [7, 11) is -2.56. The molecule has 1 amide bonds. The quantitative estimate of drug-likeness (QED) is 0.198. The third-order valence-corrected chi connectivity index (χ3v) is 11.9. The summed E-state index contributed by atoms with van der Waals surface area (Å²) in [5.41, 5.74) is -0.514. The molecule has 2 aromatic rings. The number of hydrogen-bond acceptors (Lipinski definition) is 4. The summed E-state index contributed by atoms with van der Waals surface area (Å²) in [5, 5.41) is 12.7. The molecular weight excluding hydrogens is 570 g/mol. The van der Waals surface area contributed by atoms with Crippen molar-refractivity contribution in [3.63, 3.8) is 0 Å². The summed E-state index contributed by atoms with van der Waals surface area (Å²) in [5.74, 6) is -2.49. The van der Waals surface area contributed by atoms with Crippen molar-refractivity contribution in [2.45, 2.75) is 103 Å². The fraction of sp³-hybridized carbons (Fsp3) is 0.548. The van der Waals surface area contributed by atoms with E-state index in [4.69, 9.17) is 9.16 Å². The van der Waals surface area contributed by atoms with Crippen molar-refractivity contribution in [1.29, 1.82) is 0 Å². The molecule has 2 N–H and O–H groups in total. The van der Waals surface area contributed by atoms with E-state index in [0.717, 1.165) is 12.1 Å². The number of benzene rings is 2. The zero-order chi connectivity index (χ0) is 32.1. The SMILES string of the molecule is CC(C)(C)OC(=O)NC(Cc1ccc(C(F)(F)F)cc1)C(CC(Cc1ccc(F)cc1)C(=O)O)O[Si](C)(C)C(C)(C)C. The van der Waals surface area contributed by atoms with Crippen molar-refractivity contribution in [3.05, 3.63) is 71.0 Å². The molecule has 2 rings (SSSR count). The fourth-order valence-corrected chi connectivity index (χ4v) is 5.50. The summed E-state index contributed by atoms with van der Waals surface area (Å²) in [6, 6.07) is 9.34. The van der Waals surface area contributed by atoms with Crippen LogP contribution in [-0.2, 0) is 33.0 Å². The van der Waals surface area contributed by atoms with Gasteiger partial charge in [-0.25, -0.2) is 9.18 Å². The normalized spacial score (nSPS) is 15.0. The Hall–Kier alpha value is -2.92. The second-order valence-electron chi connectivity index (χ2n) is 13.2. The van der Waals surface area contributed by atoms with Gasteiger partial charge in [-0.3, -0.25) is 4.79 Å². The van der Waals surface area contributed by atoms with E-state index >= 15 is 0 Å². The third-order valence-electron chi connectivity index (χ3n) is 7.40. The number of carboxylic acids is 1. The number of carboxylic acid groups (broad SMARTS) is 1. The van der Waals surface area contributed by atoms with Crippen molar-refractivity contribution in [1.82, 2.24) is 5.32 Å². The third kappa shape index (κ3) is 11.1. The molecule has 0 heterocycles. The summed E-state index contributed by atoms with van der Waals surface area (Å²) in [4.78, 5) is 25.4. The van der Waals surface area contributed by atoms with Crippen molar-refractivity contribution in [2.75, 3.05) is 0 Å². The van der Waals surface area contributed by atoms with Gasteiger partial charge >= 0.3 is 18.2 Å². The van der Waals surface area contributed by atoms with Gasteiger partial charge in [0, 0.05) is 0 Å². The predicted octanol–water partition coefficient (Wildman–Crippen LogP) is 8.00. The highest BCUT2D eigenvalue weighted by atomic mass is 28.4. The average Bonchev–Trinajstić information content (AvgIpc) is 2.81. The van der Waals surface area contributed by atoms with Gasteiger partial charge in [0.15, 0.2) is 8.32 Å². The first-order chi connectivity index (χ1) is 19.1. The van der Waals surface area contributed by atoms with Gasteiger partial charge in [0.25, 0.3) is 0 Å². The molecule has 0 bridgehead atoms. The minimum Gasteiger partial charge on any atom is -0.481 e. The van der Waals surface area contributed by atoms with E-state index in [0.29, 0.717) is 11.1 Å². The number of rotatable bonds is 11. The molecule has 11 heteroatoms. The van der Waals surface area contributed by atoms with Crippen LogP contribution in [0.5, 0.6) is 0 Å². The first-order valence-electron chi connectivity index (χ1n) is 13.9. The molecule has 0 saturated heterocycles. The summed E-state index contributed by atoms with van der Waals surface area (Å²) in [6.45, 7) is 15.2. The molecule has 2 aromatic carbocycles. The van der Waals surface area contributed by atoms with Gasteiger partial charge in [0.2, 0.25) is 0 Å². The number of alkyl halides is 3. The maximum atomic E-state index is 13.5. The van der Waals surface area contributed by atoms with E-state index in [-0.39, 0.29) is 24.3 Å². The van der Waals surface area contributed by atoms with Gasteiger partial charge in [-0.1, -0.05) is 45.0 Å². The number of hydrogen-bond donors (Lipinski definition) is 2. The molecule has 0 radical (unpaired) electrons.